The number of hydrogen-bond donors (Lipinski definition) is 1. The van der Waals surface area contributed by atoms with Gasteiger partial charge in [0.15, 0.2) is 0 Å². The van der Waals surface area contributed by atoms with Gasteiger partial charge in [0.05, 0.1) is 16.6 Å². The van der Waals surface area contributed by atoms with E-state index in [9.17, 15) is 9.59 Å². The number of rotatable bonds is 4. The van der Waals surface area contributed by atoms with E-state index in [0.717, 1.165) is 80.3 Å². The molecule has 148 valence electrons. The summed E-state index contributed by atoms with van der Waals surface area (Å²) < 4.78 is 0. The SMILES string of the molecule is Cc1nc(C)c(C(=O)N2CCC(N3CCC[C@@H](C(=O)NC4CC4)C3)CC2)s1. The van der Waals surface area contributed by atoms with Crippen LogP contribution in [0.3, 0.4) is 0 Å². The topological polar surface area (TPSA) is 65.5 Å². The minimum Gasteiger partial charge on any atom is -0.353 e. The van der Waals surface area contributed by atoms with Gasteiger partial charge in [-0.1, -0.05) is 0 Å². The largest absolute Gasteiger partial charge is 0.353 e. The molecule has 7 heteroatoms. The summed E-state index contributed by atoms with van der Waals surface area (Å²) in [6.45, 7) is 7.44. The number of carbonyl (C=O) groups is 2. The van der Waals surface area contributed by atoms with Crippen LogP contribution in [0.1, 0.15) is 58.9 Å². The number of hydrogen-bond acceptors (Lipinski definition) is 5. The zero-order valence-corrected chi connectivity index (χ0v) is 17.2. The molecule has 0 spiro atoms. The molecule has 0 bridgehead atoms. The monoisotopic (exact) mass is 390 g/mol. The summed E-state index contributed by atoms with van der Waals surface area (Å²) in [6.07, 6.45) is 6.40. The van der Waals surface area contributed by atoms with Gasteiger partial charge in [-0.3, -0.25) is 14.5 Å². The van der Waals surface area contributed by atoms with Crippen LogP contribution in [0.25, 0.3) is 0 Å². The summed E-state index contributed by atoms with van der Waals surface area (Å²) in [5.74, 6) is 0.532. The fraction of sp³-hybridized carbons (Fsp3) is 0.750. The quantitative estimate of drug-likeness (QED) is 0.857. The number of likely N-dealkylation sites (tertiary alicyclic amines) is 2. The Hall–Kier alpha value is -1.47. The molecule has 0 radical (unpaired) electrons. The highest BCUT2D eigenvalue weighted by Crippen LogP contribution is 2.27. The third-order valence-corrected chi connectivity index (χ3v) is 7.17. The van der Waals surface area contributed by atoms with Gasteiger partial charge in [-0.15, -0.1) is 11.3 Å². The van der Waals surface area contributed by atoms with Gasteiger partial charge < -0.3 is 10.2 Å². The van der Waals surface area contributed by atoms with E-state index in [2.05, 4.69) is 15.2 Å². The molecule has 4 rings (SSSR count). The molecule has 6 nitrogen and oxygen atoms in total. The van der Waals surface area contributed by atoms with E-state index in [1.807, 2.05) is 18.7 Å². The molecule has 2 saturated heterocycles. The number of nitrogens with one attached hydrogen (secondary N) is 1. The predicted octanol–water partition coefficient (Wildman–Crippen LogP) is 2.36. The fourth-order valence-corrected chi connectivity index (χ4v) is 5.29. The molecule has 27 heavy (non-hydrogen) atoms. The summed E-state index contributed by atoms with van der Waals surface area (Å²) >= 11 is 1.50. The Morgan fingerprint density at radius 2 is 1.81 bits per heavy atom. The summed E-state index contributed by atoms with van der Waals surface area (Å²) in [7, 11) is 0. The molecule has 1 N–H and O–H groups in total. The van der Waals surface area contributed by atoms with Gasteiger partial charge in [0, 0.05) is 31.7 Å². The van der Waals surface area contributed by atoms with Crippen LogP contribution >= 0.6 is 11.3 Å². The minimum absolute atomic E-state index is 0.136. The van der Waals surface area contributed by atoms with Crippen molar-refractivity contribution in [2.45, 2.75) is 64.5 Å². The maximum absolute atomic E-state index is 12.8. The average Bonchev–Trinajstić information content (AvgIpc) is 3.43. The molecule has 1 aromatic heterocycles. The lowest BCUT2D eigenvalue weighted by molar-refractivity contribution is -0.127. The van der Waals surface area contributed by atoms with E-state index in [0.29, 0.717) is 12.1 Å². The summed E-state index contributed by atoms with van der Waals surface area (Å²) in [6, 6.07) is 0.941. The van der Waals surface area contributed by atoms with E-state index >= 15 is 0 Å². The highest BCUT2D eigenvalue weighted by atomic mass is 32.1. The zero-order valence-electron chi connectivity index (χ0n) is 16.4. The van der Waals surface area contributed by atoms with Gasteiger partial charge in [0.1, 0.15) is 4.88 Å². The molecule has 3 fully saturated rings. The van der Waals surface area contributed by atoms with Crippen molar-refractivity contribution in [3.05, 3.63) is 15.6 Å². The van der Waals surface area contributed by atoms with E-state index < -0.39 is 0 Å². The molecular formula is C20H30N4O2S. The normalized spacial score (nSPS) is 24.8. The molecule has 1 saturated carbocycles. The van der Waals surface area contributed by atoms with Crippen molar-refractivity contribution in [1.29, 1.82) is 0 Å². The second kappa shape index (κ2) is 7.87. The van der Waals surface area contributed by atoms with Crippen molar-refractivity contribution in [3.63, 3.8) is 0 Å². The van der Waals surface area contributed by atoms with Crippen LogP contribution in [0.2, 0.25) is 0 Å². The third kappa shape index (κ3) is 4.35. The fourth-order valence-electron chi connectivity index (χ4n) is 4.41. The summed E-state index contributed by atoms with van der Waals surface area (Å²) in [4.78, 5) is 34.9. The van der Waals surface area contributed by atoms with Crippen molar-refractivity contribution in [2.75, 3.05) is 26.2 Å². The number of aryl methyl sites for hydroxylation is 2. The van der Waals surface area contributed by atoms with Crippen molar-refractivity contribution >= 4 is 23.2 Å². The number of piperidine rings is 2. The molecule has 2 aliphatic heterocycles. The lowest BCUT2D eigenvalue weighted by Gasteiger charge is -2.42. The standard InChI is InChI=1S/C20H30N4O2S/c1-13-18(27-14(2)21-13)20(26)23-10-7-17(8-11-23)24-9-3-4-15(12-24)19(25)22-16-5-6-16/h15-17H,3-12H2,1-2H3,(H,22,25)/t15-/m1/s1. The number of nitrogens with zero attached hydrogens (tertiary/aromatic N) is 3. The molecule has 0 aromatic carbocycles. The summed E-state index contributed by atoms with van der Waals surface area (Å²) in [5.41, 5.74) is 0.852. The van der Waals surface area contributed by atoms with Crippen molar-refractivity contribution in [1.82, 2.24) is 20.1 Å². The van der Waals surface area contributed by atoms with Crippen LogP contribution in [-0.2, 0) is 4.79 Å². The van der Waals surface area contributed by atoms with Gasteiger partial charge in [0.2, 0.25) is 5.91 Å². The van der Waals surface area contributed by atoms with Crippen molar-refractivity contribution in [2.24, 2.45) is 5.92 Å². The van der Waals surface area contributed by atoms with Crippen LogP contribution in [0.4, 0.5) is 0 Å². The van der Waals surface area contributed by atoms with Crippen LogP contribution in [0.5, 0.6) is 0 Å². The Morgan fingerprint density at radius 1 is 1.07 bits per heavy atom. The molecule has 0 unspecified atom stereocenters. The first-order chi connectivity index (χ1) is 13.0. The molecular weight excluding hydrogens is 360 g/mol. The first kappa shape index (κ1) is 18.9. The highest BCUT2D eigenvalue weighted by molar-refractivity contribution is 7.13. The maximum Gasteiger partial charge on any atom is 0.265 e. The number of carbonyl (C=O) groups excluding carboxylic acids is 2. The van der Waals surface area contributed by atoms with E-state index in [1.165, 1.54) is 11.3 Å². The van der Waals surface area contributed by atoms with Gasteiger partial charge in [-0.2, -0.15) is 0 Å². The predicted molar refractivity (Wildman–Crippen MR) is 106 cm³/mol. The molecule has 3 heterocycles. The van der Waals surface area contributed by atoms with Crippen LogP contribution < -0.4 is 5.32 Å². The zero-order chi connectivity index (χ0) is 19.0. The first-order valence-electron chi connectivity index (χ1n) is 10.3. The third-order valence-electron chi connectivity index (χ3n) is 6.11. The Kier molecular flexibility index (Phi) is 5.50. The second-order valence-corrected chi connectivity index (χ2v) is 9.49. The van der Waals surface area contributed by atoms with Crippen molar-refractivity contribution in [3.8, 4) is 0 Å². The van der Waals surface area contributed by atoms with Crippen LogP contribution in [0.15, 0.2) is 0 Å². The van der Waals surface area contributed by atoms with Gasteiger partial charge in [-0.05, 0) is 58.9 Å². The van der Waals surface area contributed by atoms with Gasteiger partial charge >= 0.3 is 0 Å². The average molecular weight is 391 g/mol. The molecule has 3 aliphatic rings. The second-order valence-electron chi connectivity index (χ2n) is 8.29. The minimum atomic E-state index is 0.136. The Balaban J connectivity index is 1.30. The molecule has 1 aliphatic carbocycles. The number of aromatic nitrogens is 1. The van der Waals surface area contributed by atoms with E-state index in [-0.39, 0.29) is 17.7 Å². The van der Waals surface area contributed by atoms with Crippen LogP contribution in [0, 0.1) is 19.8 Å². The lowest BCUT2D eigenvalue weighted by Crippen LogP contribution is -2.51. The number of thiazole rings is 1. The Bertz CT molecular complexity index is 707. The Labute approximate surface area is 165 Å². The molecule has 1 atom stereocenters. The number of amides is 2. The van der Waals surface area contributed by atoms with E-state index in [4.69, 9.17) is 0 Å². The molecule has 1 aromatic rings. The van der Waals surface area contributed by atoms with Gasteiger partial charge in [-0.25, -0.2) is 4.98 Å². The van der Waals surface area contributed by atoms with Crippen molar-refractivity contribution < 1.29 is 9.59 Å². The van der Waals surface area contributed by atoms with Crippen LogP contribution in [-0.4, -0.2) is 64.9 Å². The maximum atomic E-state index is 12.8. The highest BCUT2D eigenvalue weighted by Gasteiger charge is 2.34. The van der Waals surface area contributed by atoms with Gasteiger partial charge in [0.25, 0.3) is 5.91 Å². The smallest absolute Gasteiger partial charge is 0.265 e. The molecule has 2 amide bonds. The van der Waals surface area contributed by atoms with E-state index in [1.54, 1.807) is 0 Å². The lowest BCUT2D eigenvalue weighted by atomic mass is 9.93. The summed E-state index contributed by atoms with van der Waals surface area (Å²) in [5, 5.41) is 4.12. The first-order valence-corrected chi connectivity index (χ1v) is 11.1. The Morgan fingerprint density at radius 3 is 2.44 bits per heavy atom.